The van der Waals surface area contributed by atoms with Crippen LogP contribution < -0.4 is 11.1 Å². The van der Waals surface area contributed by atoms with Crippen LogP contribution in [-0.4, -0.2) is 35.9 Å². The van der Waals surface area contributed by atoms with E-state index in [0.717, 1.165) is 18.1 Å². The SMILES string of the molecule is CCN(CC(N)=O)Cc1cccc(NC)n1. The van der Waals surface area contributed by atoms with Crippen molar-refractivity contribution in [3.05, 3.63) is 23.9 Å². The number of rotatable bonds is 6. The highest BCUT2D eigenvalue weighted by Crippen LogP contribution is 2.06. The van der Waals surface area contributed by atoms with Crippen molar-refractivity contribution in [3.63, 3.8) is 0 Å². The van der Waals surface area contributed by atoms with E-state index in [1.54, 1.807) is 0 Å². The number of aromatic nitrogens is 1. The van der Waals surface area contributed by atoms with Crippen molar-refractivity contribution < 1.29 is 4.79 Å². The first-order valence-corrected chi connectivity index (χ1v) is 5.30. The molecule has 0 aliphatic carbocycles. The second kappa shape index (κ2) is 6.07. The third-order valence-corrected chi connectivity index (χ3v) is 2.28. The van der Waals surface area contributed by atoms with Crippen molar-refractivity contribution >= 4 is 11.7 Å². The van der Waals surface area contributed by atoms with Gasteiger partial charge in [0.25, 0.3) is 0 Å². The molecule has 0 bridgehead atoms. The van der Waals surface area contributed by atoms with Gasteiger partial charge in [-0.25, -0.2) is 4.98 Å². The summed E-state index contributed by atoms with van der Waals surface area (Å²) in [4.78, 5) is 17.2. The molecule has 0 saturated heterocycles. The minimum atomic E-state index is -0.313. The van der Waals surface area contributed by atoms with Gasteiger partial charge >= 0.3 is 0 Å². The number of carbonyl (C=O) groups is 1. The van der Waals surface area contributed by atoms with Gasteiger partial charge in [-0.1, -0.05) is 13.0 Å². The number of nitrogens with zero attached hydrogens (tertiary/aromatic N) is 2. The summed E-state index contributed by atoms with van der Waals surface area (Å²) in [5, 5.41) is 2.98. The lowest BCUT2D eigenvalue weighted by atomic mass is 10.3. The molecule has 1 amide bonds. The van der Waals surface area contributed by atoms with E-state index in [2.05, 4.69) is 10.3 Å². The number of primary amides is 1. The molecule has 0 saturated carbocycles. The highest BCUT2D eigenvalue weighted by atomic mass is 16.1. The largest absolute Gasteiger partial charge is 0.373 e. The van der Waals surface area contributed by atoms with Gasteiger partial charge in [-0.15, -0.1) is 0 Å². The van der Waals surface area contributed by atoms with Crippen LogP contribution in [0.1, 0.15) is 12.6 Å². The summed E-state index contributed by atoms with van der Waals surface area (Å²) in [5.74, 6) is 0.513. The third-order valence-electron chi connectivity index (χ3n) is 2.28. The Kier molecular flexibility index (Phi) is 4.72. The van der Waals surface area contributed by atoms with Gasteiger partial charge in [-0.05, 0) is 18.7 Å². The minimum absolute atomic E-state index is 0.266. The number of carbonyl (C=O) groups excluding carboxylic acids is 1. The quantitative estimate of drug-likeness (QED) is 0.732. The molecule has 1 heterocycles. The zero-order chi connectivity index (χ0) is 12.0. The molecule has 88 valence electrons. The summed E-state index contributed by atoms with van der Waals surface area (Å²) in [6, 6.07) is 5.77. The molecule has 0 unspecified atom stereocenters. The van der Waals surface area contributed by atoms with E-state index >= 15 is 0 Å². The average Bonchev–Trinajstić information content (AvgIpc) is 2.28. The molecule has 0 radical (unpaired) electrons. The molecule has 1 rings (SSSR count). The summed E-state index contributed by atoms with van der Waals surface area (Å²) >= 11 is 0. The van der Waals surface area contributed by atoms with Gasteiger partial charge in [0.2, 0.25) is 5.91 Å². The van der Waals surface area contributed by atoms with Gasteiger partial charge in [0.15, 0.2) is 0 Å². The number of nitrogens with two attached hydrogens (primary N) is 1. The van der Waals surface area contributed by atoms with Crippen LogP contribution >= 0.6 is 0 Å². The molecule has 0 aliphatic rings. The molecule has 16 heavy (non-hydrogen) atoms. The fraction of sp³-hybridized carbons (Fsp3) is 0.455. The van der Waals surface area contributed by atoms with Gasteiger partial charge in [-0.3, -0.25) is 9.69 Å². The summed E-state index contributed by atoms with van der Waals surface area (Å²) < 4.78 is 0. The molecule has 0 aromatic carbocycles. The maximum Gasteiger partial charge on any atom is 0.231 e. The molecule has 5 heteroatoms. The Balaban J connectivity index is 2.65. The van der Waals surface area contributed by atoms with E-state index in [1.807, 2.05) is 37.1 Å². The van der Waals surface area contributed by atoms with Crippen LogP contribution in [-0.2, 0) is 11.3 Å². The van der Waals surface area contributed by atoms with Gasteiger partial charge in [0, 0.05) is 13.6 Å². The molecule has 3 N–H and O–H groups in total. The molecule has 1 aromatic heterocycles. The Morgan fingerprint density at radius 2 is 2.31 bits per heavy atom. The first-order chi connectivity index (χ1) is 7.65. The predicted octanol–water partition coefficient (Wildman–Crippen LogP) is 0.430. The number of hydrogen-bond donors (Lipinski definition) is 2. The smallest absolute Gasteiger partial charge is 0.231 e. The molecular weight excluding hydrogens is 204 g/mol. The summed E-state index contributed by atoms with van der Waals surface area (Å²) in [6.45, 7) is 3.66. The summed E-state index contributed by atoms with van der Waals surface area (Å²) in [7, 11) is 1.83. The number of hydrogen-bond acceptors (Lipinski definition) is 4. The lowest BCUT2D eigenvalue weighted by Gasteiger charge is -2.18. The van der Waals surface area contributed by atoms with Crippen molar-refractivity contribution in [1.82, 2.24) is 9.88 Å². The van der Waals surface area contributed by atoms with Gasteiger partial charge in [0.05, 0.1) is 12.2 Å². The van der Waals surface area contributed by atoms with Crippen molar-refractivity contribution in [1.29, 1.82) is 0 Å². The van der Waals surface area contributed by atoms with E-state index < -0.39 is 0 Å². The van der Waals surface area contributed by atoms with E-state index in [0.29, 0.717) is 6.54 Å². The summed E-state index contributed by atoms with van der Waals surface area (Å²) in [5.41, 5.74) is 6.09. The number of anilines is 1. The molecule has 0 atom stereocenters. The second-order valence-corrected chi connectivity index (χ2v) is 3.53. The van der Waals surface area contributed by atoms with Crippen molar-refractivity contribution in [2.75, 3.05) is 25.5 Å². The molecule has 5 nitrogen and oxygen atoms in total. The van der Waals surface area contributed by atoms with Crippen molar-refractivity contribution in [2.45, 2.75) is 13.5 Å². The van der Waals surface area contributed by atoms with Gasteiger partial charge < -0.3 is 11.1 Å². The Bertz CT molecular complexity index is 354. The van der Waals surface area contributed by atoms with Crippen LogP contribution in [0.5, 0.6) is 0 Å². The second-order valence-electron chi connectivity index (χ2n) is 3.53. The van der Waals surface area contributed by atoms with E-state index in [4.69, 9.17) is 5.73 Å². The number of amides is 1. The van der Waals surface area contributed by atoms with Crippen LogP contribution in [0.15, 0.2) is 18.2 Å². The van der Waals surface area contributed by atoms with E-state index in [-0.39, 0.29) is 12.5 Å². The average molecular weight is 222 g/mol. The topological polar surface area (TPSA) is 71.2 Å². The van der Waals surface area contributed by atoms with Gasteiger partial charge in [0.1, 0.15) is 5.82 Å². The zero-order valence-corrected chi connectivity index (χ0v) is 9.73. The van der Waals surface area contributed by atoms with Crippen LogP contribution in [0.2, 0.25) is 0 Å². The van der Waals surface area contributed by atoms with Crippen molar-refractivity contribution in [2.24, 2.45) is 5.73 Å². The standard InChI is InChI=1S/C11H18N4O/c1-3-15(8-10(12)16)7-9-5-4-6-11(13-2)14-9/h4-6H,3,7-8H2,1-2H3,(H2,12,16)(H,13,14). The fourth-order valence-electron chi connectivity index (χ4n) is 1.44. The zero-order valence-electron chi connectivity index (χ0n) is 9.73. The molecule has 0 aliphatic heterocycles. The van der Waals surface area contributed by atoms with Crippen LogP contribution in [0.3, 0.4) is 0 Å². The fourth-order valence-corrected chi connectivity index (χ4v) is 1.44. The number of pyridine rings is 1. The lowest BCUT2D eigenvalue weighted by molar-refractivity contribution is -0.119. The predicted molar refractivity (Wildman–Crippen MR) is 63.9 cm³/mol. The third kappa shape index (κ3) is 3.86. The van der Waals surface area contributed by atoms with Crippen molar-refractivity contribution in [3.8, 4) is 0 Å². The molecular formula is C11H18N4O. The van der Waals surface area contributed by atoms with Gasteiger partial charge in [-0.2, -0.15) is 0 Å². The lowest BCUT2D eigenvalue weighted by Crippen LogP contribution is -2.33. The Morgan fingerprint density at radius 3 is 2.88 bits per heavy atom. The Morgan fingerprint density at radius 1 is 1.56 bits per heavy atom. The van der Waals surface area contributed by atoms with E-state index in [9.17, 15) is 4.79 Å². The summed E-state index contributed by atoms with van der Waals surface area (Å²) in [6.07, 6.45) is 0. The van der Waals surface area contributed by atoms with E-state index in [1.165, 1.54) is 0 Å². The molecule has 1 aromatic rings. The molecule has 0 fully saturated rings. The Labute approximate surface area is 95.7 Å². The van der Waals surface area contributed by atoms with Crippen LogP contribution in [0.4, 0.5) is 5.82 Å². The monoisotopic (exact) mass is 222 g/mol. The highest BCUT2D eigenvalue weighted by molar-refractivity contribution is 5.75. The Hall–Kier alpha value is -1.62. The first kappa shape index (κ1) is 12.4. The van der Waals surface area contributed by atoms with Crippen LogP contribution in [0.25, 0.3) is 0 Å². The maximum atomic E-state index is 10.8. The number of nitrogens with one attached hydrogen (secondary N) is 1. The number of likely N-dealkylation sites (N-methyl/N-ethyl adjacent to an activating group) is 1. The maximum absolute atomic E-state index is 10.8. The first-order valence-electron chi connectivity index (χ1n) is 5.30. The highest BCUT2D eigenvalue weighted by Gasteiger charge is 2.07. The molecule has 0 spiro atoms. The van der Waals surface area contributed by atoms with Crippen LogP contribution in [0, 0.1) is 0 Å². The minimum Gasteiger partial charge on any atom is -0.373 e. The normalized spacial score (nSPS) is 10.4.